The van der Waals surface area contributed by atoms with Gasteiger partial charge in [-0.2, -0.15) is 0 Å². The Bertz CT molecular complexity index is 378. The van der Waals surface area contributed by atoms with E-state index in [2.05, 4.69) is 30.3 Å². The topological polar surface area (TPSA) is 35.5 Å². The molecule has 2 rings (SSSR count). The minimum Gasteiger partial charge on any atom is -0.392 e. The minimum absolute atomic E-state index is 0.109. The van der Waals surface area contributed by atoms with E-state index in [9.17, 15) is 0 Å². The fraction of sp³-hybridized carbons (Fsp3) is 0.571. The maximum Gasteiger partial charge on any atom is 0.0682 e. The number of nitrogens with one attached hydrogen (secondary N) is 1. The molecule has 17 heavy (non-hydrogen) atoms. The molecule has 1 aromatic carbocycles. The predicted octanol–water partition coefficient (Wildman–Crippen LogP) is 1.99. The van der Waals surface area contributed by atoms with Crippen molar-refractivity contribution in [2.75, 3.05) is 25.5 Å². The van der Waals surface area contributed by atoms with E-state index in [0.717, 1.165) is 17.8 Å². The highest BCUT2D eigenvalue weighted by atomic mass is 16.3. The molecule has 0 spiro atoms. The Morgan fingerprint density at radius 3 is 2.94 bits per heavy atom. The van der Waals surface area contributed by atoms with Crippen molar-refractivity contribution in [3.8, 4) is 0 Å². The van der Waals surface area contributed by atoms with Crippen molar-refractivity contribution in [2.45, 2.75) is 32.4 Å². The van der Waals surface area contributed by atoms with Gasteiger partial charge in [0, 0.05) is 18.3 Å². The van der Waals surface area contributed by atoms with Crippen molar-refractivity contribution >= 4 is 5.69 Å². The van der Waals surface area contributed by atoms with Gasteiger partial charge in [-0.25, -0.2) is 0 Å². The first-order valence-electron chi connectivity index (χ1n) is 6.35. The van der Waals surface area contributed by atoms with Crippen LogP contribution in [0.4, 0.5) is 5.69 Å². The van der Waals surface area contributed by atoms with Crippen LogP contribution < -0.4 is 5.32 Å². The second-order valence-corrected chi connectivity index (χ2v) is 4.96. The van der Waals surface area contributed by atoms with Gasteiger partial charge in [-0.15, -0.1) is 0 Å². The molecule has 0 saturated carbocycles. The second kappa shape index (κ2) is 5.52. The third-order valence-corrected chi connectivity index (χ3v) is 3.68. The van der Waals surface area contributed by atoms with Crippen molar-refractivity contribution in [3.63, 3.8) is 0 Å². The van der Waals surface area contributed by atoms with Crippen LogP contribution in [-0.2, 0) is 6.61 Å². The summed E-state index contributed by atoms with van der Waals surface area (Å²) in [5, 5.41) is 12.6. The molecule has 1 heterocycles. The zero-order valence-corrected chi connectivity index (χ0v) is 10.7. The molecule has 1 aliphatic heterocycles. The van der Waals surface area contributed by atoms with Crippen LogP contribution in [-0.4, -0.2) is 36.2 Å². The number of hydrogen-bond donors (Lipinski definition) is 2. The monoisotopic (exact) mass is 234 g/mol. The number of nitrogens with zero attached hydrogens (tertiary/aromatic N) is 1. The van der Waals surface area contributed by atoms with Gasteiger partial charge in [-0.3, -0.25) is 0 Å². The van der Waals surface area contributed by atoms with Crippen LogP contribution in [0.25, 0.3) is 0 Å². The molecule has 94 valence electrons. The van der Waals surface area contributed by atoms with E-state index in [1.54, 1.807) is 0 Å². The van der Waals surface area contributed by atoms with Crippen LogP contribution in [0.2, 0.25) is 0 Å². The smallest absolute Gasteiger partial charge is 0.0682 e. The summed E-state index contributed by atoms with van der Waals surface area (Å²) in [7, 11) is 2.19. The normalized spacial score (nSPS) is 20.8. The molecule has 1 aliphatic rings. The Hall–Kier alpha value is -1.06. The number of rotatable bonds is 4. The van der Waals surface area contributed by atoms with E-state index < -0.39 is 0 Å². The average molecular weight is 234 g/mol. The summed E-state index contributed by atoms with van der Waals surface area (Å²) in [6.45, 7) is 4.41. The summed E-state index contributed by atoms with van der Waals surface area (Å²) in [5.41, 5.74) is 3.36. The number of likely N-dealkylation sites (N-methyl/N-ethyl adjacent to an activating group) is 1. The molecular formula is C14H22N2O. The second-order valence-electron chi connectivity index (χ2n) is 4.96. The van der Waals surface area contributed by atoms with Crippen LogP contribution in [0.5, 0.6) is 0 Å². The summed E-state index contributed by atoms with van der Waals surface area (Å²) in [6, 6.07) is 6.73. The lowest BCUT2D eigenvalue weighted by atomic mass is 10.1. The van der Waals surface area contributed by atoms with Crippen molar-refractivity contribution in [1.29, 1.82) is 0 Å². The first-order valence-corrected chi connectivity index (χ1v) is 6.35. The molecule has 3 heteroatoms. The van der Waals surface area contributed by atoms with Crippen molar-refractivity contribution < 1.29 is 5.11 Å². The van der Waals surface area contributed by atoms with Gasteiger partial charge in [0.1, 0.15) is 0 Å². The van der Waals surface area contributed by atoms with E-state index in [1.165, 1.54) is 24.9 Å². The fourth-order valence-corrected chi connectivity index (χ4v) is 2.42. The van der Waals surface area contributed by atoms with Crippen LogP contribution in [0.15, 0.2) is 18.2 Å². The summed E-state index contributed by atoms with van der Waals surface area (Å²) < 4.78 is 0. The highest BCUT2D eigenvalue weighted by Crippen LogP contribution is 2.19. The predicted molar refractivity (Wildman–Crippen MR) is 71.2 cm³/mol. The van der Waals surface area contributed by atoms with Gasteiger partial charge in [0.15, 0.2) is 0 Å². The number of likely N-dealkylation sites (tertiary alicyclic amines) is 1. The van der Waals surface area contributed by atoms with Gasteiger partial charge in [0.25, 0.3) is 0 Å². The molecule has 3 nitrogen and oxygen atoms in total. The van der Waals surface area contributed by atoms with E-state index in [0.29, 0.717) is 6.04 Å². The van der Waals surface area contributed by atoms with Crippen molar-refractivity contribution in [3.05, 3.63) is 29.3 Å². The van der Waals surface area contributed by atoms with Crippen molar-refractivity contribution in [2.24, 2.45) is 0 Å². The molecule has 2 N–H and O–H groups in total. The zero-order chi connectivity index (χ0) is 12.3. The molecular weight excluding hydrogens is 212 g/mol. The summed E-state index contributed by atoms with van der Waals surface area (Å²) in [6.07, 6.45) is 2.58. The van der Waals surface area contributed by atoms with Crippen molar-refractivity contribution in [1.82, 2.24) is 4.90 Å². The summed E-state index contributed by atoms with van der Waals surface area (Å²) in [4.78, 5) is 2.41. The molecule has 1 saturated heterocycles. The summed E-state index contributed by atoms with van der Waals surface area (Å²) >= 11 is 0. The largest absolute Gasteiger partial charge is 0.392 e. The van der Waals surface area contributed by atoms with Crippen LogP contribution in [0.1, 0.15) is 24.0 Å². The lowest BCUT2D eigenvalue weighted by Crippen LogP contribution is -2.31. The fourth-order valence-electron chi connectivity index (χ4n) is 2.42. The molecule has 0 aliphatic carbocycles. The Balaban J connectivity index is 1.98. The first kappa shape index (κ1) is 12.4. The van der Waals surface area contributed by atoms with E-state index in [4.69, 9.17) is 5.11 Å². The number of aliphatic hydroxyl groups is 1. The van der Waals surface area contributed by atoms with Crippen LogP contribution in [0.3, 0.4) is 0 Å². The molecule has 0 aromatic heterocycles. The number of aliphatic hydroxyl groups excluding tert-OH is 1. The molecule has 1 fully saturated rings. The number of aryl methyl sites for hydroxylation is 1. The Labute approximate surface area is 103 Å². The average Bonchev–Trinajstić information content (AvgIpc) is 2.74. The number of hydrogen-bond acceptors (Lipinski definition) is 3. The maximum atomic E-state index is 9.14. The van der Waals surface area contributed by atoms with Gasteiger partial charge >= 0.3 is 0 Å². The molecule has 0 bridgehead atoms. The number of anilines is 1. The lowest BCUT2D eigenvalue weighted by Gasteiger charge is -2.21. The van der Waals surface area contributed by atoms with Gasteiger partial charge in [-0.05, 0) is 50.6 Å². The maximum absolute atomic E-state index is 9.14. The third-order valence-electron chi connectivity index (χ3n) is 3.68. The molecule has 1 aromatic rings. The van der Waals surface area contributed by atoms with Gasteiger partial charge in [0.2, 0.25) is 0 Å². The first-order chi connectivity index (χ1) is 8.20. The minimum atomic E-state index is 0.109. The van der Waals surface area contributed by atoms with Crippen LogP contribution >= 0.6 is 0 Å². The summed E-state index contributed by atoms with van der Waals surface area (Å²) in [5.74, 6) is 0. The van der Waals surface area contributed by atoms with Gasteiger partial charge < -0.3 is 15.3 Å². The van der Waals surface area contributed by atoms with E-state index in [1.807, 2.05) is 12.1 Å². The number of benzene rings is 1. The highest BCUT2D eigenvalue weighted by molar-refractivity contribution is 5.52. The highest BCUT2D eigenvalue weighted by Gasteiger charge is 2.20. The molecule has 1 atom stereocenters. The lowest BCUT2D eigenvalue weighted by molar-refractivity contribution is 0.282. The Kier molecular flexibility index (Phi) is 4.02. The van der Waals surface area contributed by atoms with Gasteiger partial charge in [0.05, 0.1) is 6.61 Å². The third kappa shape index (κ3) is 2.99. The Morgan fingerprint density at radius 1 is 1.47 bits per heavy atom. The Morgan fingerprint density at radius 2 is 2.29 bits per heavy atom. The quantitative estimate of drug-likeness (QED) is 0.836. The van der Waals surface area contributed by atoms with Crippen LogP contribution in [0, 0.1) is 6.92 Å². The van der Waals surface area contributed by atoms with E-state index in [-0.39, 0.29) is 6.61 Å². The SMILES string of the molecule is Cc1ccc(CO)cc1NCC1CCCN1C. The van der Waals surface area contributed by atoms with E-state index >= 15 is 0 Å². The zero-order valence-electron chi connectivity index (χ0n) is 10.7. The standard InChI is InChI=1S/C14H22N2O/c1-11-5-6-12(10-17)8-14(11)15-9-13-4-3-7-16(13)2/h5-6,8,13,15,17H,3-4,7,9-10H2,1-2H3. The van der Waals surface area contributed by atoms with Gasteiger partial charge in [-0.1, -0.05) is 12.1 Å². The molecule has 0 amide bonds. The molecule has 0 radical (unpaired) electrons. The molecule has 1 unspecified atom stereocenters.